The Hall–Kier alpha value is -0.0800. The predicted molar refractivity (Wildman–Crippen MR) is 84.0 cm³/mol. The molecule has 2 nitrogen and oxygen atoms in total. The Kier molecular flexibility index (Phi) is 7.97. The Morgan fingerprint density at radius 1 is 0.900 bits per heavy atom. The van der Waals surface area contributed by atoms with Crippen LogP contribution in [0.1, 0.15) is 77.6 Å². The lowest BCUT2D eigenvalue weighted by molar-refractivity contribution is 0.0000558. The monoisotopic (exact) mass is 282 g/mol. The zero-order valence-corrected chi connectivity index (χ0v) is 13.4. The lowest BCUT2D eigenvalue weighted by atomic mass is 9.91. The van der Waals surface area contributed by atoms with E-state index in [4.69, 9.17) is 9.47 Å². The van der Waals surface area contributed by atoms with E-state index in [1.165, 1.54) is 70.6 Å². The Labute approximate surface area is 125 Å². The number of hydrogen-bond donors (Lipinski definition) is 0. The molecule has 1 heterocycles. The van der Waals surface area contributed by atoms with Crippen LogP contribution in [-0.4, -0.2) is 25.9 Å². The molecule has 0 spiro atoms. The molecule has 1 aliphatic heterocycles. The van der Waals surface area contributed by atoms with Gasteiger partial charge in [0.2, 0.25) is 0 Å². The van der Waals surface area contributed by atoms with Crippen molar-refractivity contribution in [1.29, 1.82) is 0 Å². The van der Waals surface area contributed by atoms with E-state index in [0.29, 0.717) is 12.0 Å². The molecule has 2 rings (SSSR count). The maximum atomic E-state index is 6.16. The highest BCUT2D eigenvalue weighted by Crippen LogP contribution is 2.28. The van der Waals surface area contributed by atoms with E-state index in [1.54, 1.807) is 0 Å². The Morgan fingerprint density at radius 3 is 2.45 bits per heavy atom. The van der Waals surface area contributed by atoms with E-state index in [2.05, 4.69) is 6.92 Å². The molecule has 1 saturated carbocycles. The summed E-state index contributed by atoms with van der Waals surface area (Å²) in [5.74, 6) is 1.43. The van der Waals surface area contributed by atoms with E-state index in [0.717, 1.165) is 25.7 Å². The number of ether oxygens (including phenoxy) is 2. The van der Waals surface area contributed by atoms with Crippen LogP contribution in [0.2, 0.25) is 0 Å². The van der Waals surface area contributed by atoms with Gasteiger partial charge in [0.25, 0.3) is 0 Å². The van der Waals surface area contributed by atoms with Gasteiger partial charge < -0.3 is 9.47 Å². The Morgan fingerprint density at radius 2 is 1.65 bits per heavy atom. The highest BCUT2D eigenvalue weighted by Gasteiger charge is 2.28. The summed E-state index contributed by atoms with van der Waals surface area (Å²) < 4.78 is 11.9. The summed E-state index contributed by atoms with van der Waals surface area (Å²) in [5, 5.41) is 0. The minimum Gasteiger partial charge on any atom is -0.381 e. The van der Waals surface area contributed by atoms with Crippen LogP contribution < -0.4 is 0 Å². The summed E-state index contributed by atoms with van der Waals surface area (Å²) in [6.45, 7) is 5.15. The van der Waals surface area contributed by atoms with Crippen molar-refractivity contribution in [1.82, 2.24) is 0 Å². The zero-order valence-electron chi connectivity index (χ0n) is 13.4. The van der Waals surface area contributed by atoms with Gasteiger partial charge in [-0.2, -0.15) is 0 Å². The second-order valence-electron chi connectivity index (χ2n) is 6.85. The molecule has 0 aromatic rings. The van der Waals surface area contributed by atoms with Gasteiger partial charge in [0.05, 0.1) is 19.3 Å². The van der Waals surface area contributed by atoms with Crippen LogP contribution in [0.3, 0.4) is 0 Å². The lowest BCUT2D eigenvalue weighted by Crippen LogP contribution is -2.24. The van der Waals surface area contributed by atoms with Gasteiger partial charge in [0.1, 0.15) is 0 Å². The molecule has 2 fully saturated rings. The van der Waals surface area contributed by atoms with Crippen LogP contribution in [0.25, 0.3) is 0 Å². The summed E-state index contributed by atoms with van der Waals surface area (Å²) in [6, 6.07) is 0. The van der Waals surface area contributed by atoms with Crippen LogP contribution in [0, 0.1) is 11.8 Å². The quantitative estimate of drug-likeness (QED) is 0.557. The molecule has 2 atom stereocenters. The third kappa shape index (κ3) is 5.73. The molecule has 0 N–H and O–H groups in total. The molecule has 0 aromatic carbocycles. The van der Waals surface area contributed by atoms with Gasteiger partial charge in [0.15, 0.2) is 0 Å². The first kappa shape index (κ1) is 16.3. The fourth-order valence-corrected chi connectivity index (χ4v) is 3.65. The molecule has 0 aromatic heterocycles. The smallest absolute Gasteiger partial charge is 0.0575 e. The third-order valence-electron chi connectivity index (χ3n) is 5.11. The van der Waals surface area contributed by atoms with Gasteiger partial charge in [0, 0.05) is 12.5 Å². The van der Waals surface area contributed by atoms with Crippen LogP contribution in [0.5, 0.6) is 0 Å². The molecule has 2 aliphatic rings. The molecule has 0 bridgehead atoms. The fourth-order valence-electron chi connectivity index (χ4n) is 3.65. The first-order valence-electron chi connectivity index (χ1n) is 9.09. The van der Waals surface area contributed by atoms with Crippen LogP contribution in [0.4, 0.5) is 0 Å². The van der Waals surface area contributed by atoms with Crippen molar-refractivity contribution in [3.05, 3.63) is 0 Å². The summed E-state index contributed by atoms with van der Waals surface area (Å²) in [6.07, 6.45) is 15.6. The topological polar surface area (TPSA) is 18.5 Å². The normalized spacial score (nSPS) is 28.1. The Bertz CT molecular complexity index is 236. The standard InChI is InChI=1S/C18H34O2/c1-2-3-4-5-7-10-16-13-19-14-17(16)15-20-18-11-8-6-9-12-18/h16-18H,2-15H2,1H3. The largest absolute Gasteiger partial charge is 0.381 e. The maximum Gasteiger partial charge on any atom is 0.0575 e. The number of hydrogen-bond acceptors (Lipinski definition) is 2. The summed E-state index contributed by atoms with van der Waals surface area (Å²) in [7, 11) is 0. The summed E-state index contributed by atoms with van der Waals surface area (Å²) in [4.78, 5) is 0. The van der Waals surface area contributed by atoms with Crippen LogP contribution in [-0.2, 0) is 9.47 Å². The average Bonchev–Trinajstić information content (AvgIpc) is 2.93. The maximum absolute atomic E-state index is 6.16. The van der Waals surface area contributed by atoms with Crippen LogP contribution in [0.15, 0.2) is 0 Å². The van der Waals surface area contributed by atoms with E-state index < -0.39 is 0 Å². The van der Waals surface area contributed by atoms with Crippen LogP contribution >= 0.6 is 0 Å². The van der Waals surface area contributed by atoms with Gasteiger partial charge in [-0.1, -0.05) is 58.3 Å². The van der Waals surface area contributed by atoms with Crippen molar-refractivity contribution in [2.45, 2.75) is 83.7 Å². The first-order valence-corrected chi connectivity index (χ1v) is 9.09. The zero-order chi connectivity index (χ0) is 14.0. The molecule has 2 heteroatoms. The summed E-state index contributed by atoms with van der Waals surface area (Å²) >= 11 is 0. The van der Waals surface area contributed by atoms with Gasteiger partial charge in [-0.15, -0.1) is 0 Å². The first-order chi connectivity index (χ1) is 9.90. The van der Waals surface area contributed by atoms with E-state index >= 15 is 0 Å². The molecule has 0 amide bonds. The molecule has 20 heavy (non-hydrogen) atoms. The third-order valence-corrected chi connectivity index (χ3v) is 5.11. The second-order valence-corrected chi connectivity index (χ2v) is 6.85. The number of unbranched alkanes of at least 4 members (excludes halogenated alkanes) is 4. The van der Waals surface area contributed by atoms with Crippen molar-refractivity contribution >= 4 is 0 Å². The van der Waals surface area contributed by atoms with E-state index in [-0.39, 0.29) is 0 Å². The fraction of sp³-hybridized carbons (Fsp3) is 1.00. The predicted octanol–water partition coefficient (Wildman–Crippen LogP) is 4.96. The SMILES string of the molecule is CCCCCCCC1COCC1COC1CCCCC1. The molecule has 0 radical (unpaired) electrons. The van der Waals surface area contributed by atoms with Crippen molar-refractivity contribution in [3.63, 3.8) is 0 Å². The number of rotatable bonds is 9. The molecule has 2 unspecified atom stereocenters. The van der Waals surface area contributed by atoms with E-state index in [9.17, 15) is 0 Å². The summed E-state index contributed by atoms with van der Waals surface area (Å²) in [5.41, 5.74) is 0. The molecule has 118 valence electrons. The van der Waals surface area contributed by atoms with Gasteiger partial charge >= 0.3 is 0 Å². The van der Waals surface area contributed by atoms with Gasteiger partial charge in [-0.25, -0.2) is 0 Å². The van der Waals surface area contributed by atoms with Gasteiger partial charge in [-0.3, -0.25) is 0 Å². The highest BCUT2D eigenvalue weighted by atomic mass is 16.5. The molecular formula is C18H34O2. The highest BCUT2D eigenvalue weighted by molar-refractivity contribution is 4.76. The van der Waals surface area contributed by atoms with Crippen molar-refractivity contribution in [2.75, 3.05) is 19.8 Å². The lowest BCUT2D eigenvalue weighted by Gasteiger charge is -2.25. The average molecular weight is 282 g/mol. The second kappa shape index (κ2) is 9.78. The van der Waals surface area contributed by atoms with Crippen molar-refractivity contribution < 1.29 is 9.47 Å². The molecule has 1 aliphatic carbocycles. The minimum atomic E-state index is 0.551. The molecule has 1 saturated heterocycles. The Balaban J connectivity index is 1.57. The van der Waals surface area contributed by atoms with Gasteiger partial charge in [-0.05, 0) is 25.2 Å². The van der Waals surface area contributed by atoms with Crippen molar-refractivity contribution in [3.8, 4) is 0 Å². The minimum absolute atomic E-state index is 0.551. The van der Waals surface area contributed by atoms with Crippen molar-refractivity contribution in [2.24, 2.45) is 11.8 Å². The van der Waals surface area contributed by atoms with E-state index in [1.807, 2.05) is 0 Å². The molecular weight excluding hydrogens is 248 g/mol.